The number of nitrogens with one attached hydrogen (secondary N) is 2. The van der Waals surface area contributed by atoms with Crippen molar-refractivity contribution >= 4 is 17.6 Å². The summed E-state index contributed by atoms with van der Waals surface area (Å²) in [4.78, 5) is 11.5. The zero-order chi connectivity index (χ0) is 14.1. The highest BCUT2D eigenvalue weighted by molar-refractivity contribution is 6.30. The van der Waals surface area contributed by atoms with Gasteiger partial charge in [0.1, 0.15) is 6.04 Å². The maximum atomic E-state index is 11.5. The molecular formula is C15H19ClN2O2. The number of hydrogen-bond donors (Lipinski definition) is 3. The average Bonchev–Trinajstić information content (AvgIpc) is 3.08. The SMILES string of the molecule is O=C(O)C1NNC(c2ccc(Cl)cc2)C1C1CCCC1. The van der Waals surface area contributed by atoms with Crippen molar-refractivity contribution in [2.75, 3.05) is 0 Å². The lowest BCUT2D eigenvalue weighted by Crippen LogP contribution is -2.40. The van der Waals surface area contributed by atoms with Gasteiger partial charge in [0.15, 0.2) is 0 Å². The summed E-state index contributed by atoms with van der Waals surface area (Å²) in [6.45, 7) is 0. The van der Waals surface area contributed by atoms with E-state index in [4.69, 9.17) is 11.6 Å². The summed E-state index contributed by atoms with van der Waals surface area (Å²) >= 11 is 5.93. The monoisotopic (exact) mass is 294 g/mol. The highest BCUT2D eigenvalue weighted by Crippen LogP contribution is 2.42. The number of carboxylic acid groups (broad SMARTS) is 1. The molecule has 2 fully saturated rings. The molecular weight excluding hydrogens is 276 g/mol. The molecule has 108 valence electrons. The largest absolute Gasteiger partial charge is 0.480 e. The van der Waals surface area contributed by atoms with E-state index in [0.717, 1.165) is 18.4 Å². The molecule has 0 radical (unpaired) electrons. The number of halogens is 1. The molecule has 0 bridgehead atoms. The molecule has 3 rings (SSSR count). The van der Waals surface area contributed by atoms with E-state index in [-0.39, 0.29) is 12.0 Å². The lowest BCUT2D eigenvalue weighted by atomic mass is 9.78. The van der Waals surface area contributed by atoms with Crippen LogP contribution in [0.2, 0.25) is 5.02 Å². The van der Waals surface area contributed by atoms with Gasteiger partial charge >= 0.3 is 5.97 Å². The van der Waals surface area contributed by atoms with Gasteiger partial charge in [-0.3, -0.25) is 4.79 Å². The molecule has 2 aliphatic rings. The second-order valence-electron chi connectivity index (χ2n) is 5.76. The predicted molar refractivity (Wildman–Crippen MR) is 77.3 cm³/mol. The Labute approximate surface area is 123 Å². The molecule has 3 unspecified atom stereocenters. The van der Waals surface area contributed by atoms with E-state index in [9.17, 15) is 9.90 Å². The topological polar surface area (TPSA) is 61.4 Å². The van der Waals surface area contributed by atoms with Crippen LogP contribution in [0.4, 0.5) is 0 Å². The van der Waals surface area contributed by atoms with Crippen LogP contribution in [0.1, 0.15) is 37.3 Å². The highest BCUT2D eigenvalue weighted by Gasteiger charge is 2.45. The van der Waals surface area contributed by atoms with Crippen LogP contribution in [0.25, 0.3) is 0 Å². The van der Waals surface area contributed by atoms with E-state index in [1.807, 2.05) is 24.3 Å². The Morgan fingerprint density at radius 1 is 1.15 bits per heavy atom. The normalized spacial score (nSPS) is 30.8. The molecule has 4 nitrogen and oxygen atoms in total. The molecule has 3 atom stereocenters. The van der Waals surface area contributed by atoms with Crippen LogP contribution in [-0.4, -0.2) is 17.1 Å². The van der Waals surface area contributed by atoms with Crippen molar-refractivity contribution in [3.05, 3.63) is 34.9 Å². The molecule has 0 amide bonds. The first-order valence-electron chi connectivity index (χ1n) is 7.16. The molecule has 1 saturated carbocycles. The molecule has 1 aliphatic carbocycles. The van der Waals surface area contributed by atoms with E-state index < -0.39 is 12.0 Å². The summed E-state index contributed by atoms with van der Waals surface area (Å²) in [6.07, 6.45) is 4.67. The predicted octanol–water partition coefficient (Wildman–Crippen LogP) is 2.75. The van der Waals surface area contributed by atoms with Crippen LogP contribution < -0.4 is 10.9 Å². The maximum absolute atomic E-state index is 11.5. The van der Waals surface area contributed by atoms with Crippen LogP contribution in [-0.2, 0) is 4.79 Å². The lowest BCUT2D eigenvalue weighted by Gasteiger charge is -2.27. The van der Waals surface area contributed by atoms with Crippen molar-refractivity contribution < 1.29 is 9.90 Å². The van der Waals surface area contributed by atoms with Crippen LogP contribution in [0, 0.1) is 11.8 Å². The van der Waals surface area contributed by atoms with Gasteiger partial charge in [-0.25, -0.2) is 10.9 Å². The molecule has 5 heteroatoms. The minimum absolute atomic E-state index is 0.0384. The first-order chi connectivity index (χ1) is 9.66. The van der Waals surface area contributed by atoms with Crippen molar-refractivity contribution in [1.29, 1.82) is 0 Å². The second kappa shape index (κ2) is 5.72. The summed E-state index contributed by atoms with van der Waals surface area (Å²) in [5.41, 5.74) is 7.24. The van der Waals surface area contributed by atoms with Crippen molar-refractivity contribution in [3.8, 4) is 0 Å². The van der Waals surface area contributed by atoms with Crippen LogP contribution in [0.15, 0.2) is 24.3 Å². The van der Waals surface area contributed by atoms with Gasteiger partial charge in [0.2, 0.25) is 0 Å². The summed E-state index contributed by atoms with van der Waals surface area (Å²) in [5, 5.41) is 10.1. The van der Waals surface area contributed by atoms with Gasteiger partial charge in [-0.15, -0.1) is 0 Å². The molecule has 1 saturated heterocycles. The van der Waals surface area contributed by atoms with E-state index >= 15 is 0 Å². The molecule has 1 aromatic rings. The molecule has 0 spiro atoms. The number of hydrogen-bond acceptors (Lipinski definition) is 3. The van der Waals surface area contributed by atoms with Crippen LogP contribution in [0.3, 0.4) is 0 Å². The van der Waals surface area contributed by atoms with Crippen LogP contribution in [0.5, 0.6) is 0 Å². The third-order valence-corrected chi connectivity index (χ3v) is 4.86. The van der Waals surface area contributed by atoms with Crippen molar-refractivity contribution in [1.82, 2.24) is 10.9 Å². The van der Waals surface area contributed by atoms with Gasteiger partial charge in [0, 0.05) is 10.9 Å². The minimum atomic E-state index is -0.772. The number of carboxylic acids is 1. The third kappa shape index (κ3) is 2.55. The van der Waals surface area contributed by atoms with E-state index in [1.54, 1.807) is 0 Å². The van der Waals surface area contributed by atoms with Crippen LogP contribution >= 0.6 is 11.6 Å². The third-order valence-electron chi connectivity index (χ3n) is 4.60. The first-order valence-corrected chi connectivity index (χ1v) is 7.54. The number of benzene rings is 1. The summed E-state index contributed by atoms with van der Waals surface area (Å²) < 4.78 is 0. The van der Waals surface area contributed by atoms with Gasteiger partial charge < -0.3 is 5.11 Å². The molecule has 1 aromatic carbocycles. The summed E-state index contributed by atoms with van der Waals surface area (Å²) in [5.74, 6) is -0.207. The number of hydrazine groups is 1. The number of aliphatic carboxylic acids is 1. The van der Waals surface area contributed by atoms with E-state index in [1.165, 1.54) is 12.8 Å². The lowest BCUT2D eigenvalue weighted by molar-refractivity contribution is -0.140. The highest BCUT2D eigenvalue weighted by atomic mass is 35.5. The van der Waals surface area contributed by atoms with Crippen molar-refractivity contribution in [2.24, 2.45) is 11.8 Å². The van der Waals surface area contributed by atoms with Gasteiger partial charge in [0.25, 0.3) is 0 Å². The number of rotatable bonds is 3. The molecule has 1 heterocycles. The van der Waals surface area contributed by atoms with E-state index in [0.29, 0.717) is 10.9 Å². The Hall–Kier alpha value is -1.10. The van der Waals surface area contributed by atoms with Gasteiger partial charge in [-0.1, -0.05) is 49.4 Å². The Morgan fingerprint density at radius 3 is 2.40 bits per heavy atom. The number of carbonyl (C=O) groups is 1. The quantitative estimate of drug-likeness (QED) is 0.802. The summed E-state index contributed by atoms with van der Waals surface area (Å²) in [7, 11) is 0. The second-order valence-corrected chi connectivity index (χ2v) is 6.19. The first kappa shape index (κ1) is 13.9. The zero-order valence-electron chi connectivity index (χ0n) is 11.2. The molecule has 3 N–H and O–H groups in total. The Morgan fingerprint density at radius 2 is 1.80 bits per heavy atom. The molecule has 0 aromatic heterocycles. The smallest absolute Gasteiger partial charge is 0.322 e. The Bertz CT molecular complexity index is 485. The fraction of sp³-hybridized carbons (Fsp3) is 0.533. The van der Waals surface area contributed by atoms with Gasteiger partial charge in [0.05, 0.1) is 6.04 Å². The maximum Gasteiger partial charge on any atom is 0.322 e. The van der Waals surface area contributed by atoms with Gasteiger partial charge in [-0.2, -0.15) is 0 Å². The molecule has 20 heavy (non-hydrogen) atoms. The van der Waals surface area contributed by atoms with Crippen molar-refractivity contribution in [2.45, 2.75) is 37.8 Å². The standard InChI is InChI=1S/C15H19ClN2O2/c16-11-7-5-10(6-8-11)13-12(9-3-1-2-4-9)14(15(19)20)18-17-13/h5-9,12-14,17-18H,1-4H2,(H,19,20). The molecule has 1 aliphatic heterocycles. The van der Waals surface area contributed by atoms with Gasteiger partial charge in [-0.05, 0) is 23.6 Å². The fourth-order valence-electron chi connectivity index (χ4n) is 3.65. The van der Waals surface area contributed by atoms with E-state index in [2.05, 4.69) is 10.9 Å². The fourth-order valence-corrected chi connectivity index (χ4v) is 3.78. The average molecular weight is 295 g/mol. The Balaban J connectivity index is 1.88. The zero-order valence-corrected chi connectivity index (χ0v) is 11.9. The summed E-state index contributed by atoms with van der Waals surface area (Å²) in [6, 6.07) is 7.20. The van der Waals surface area contributed by atoms with Crippen molar-refractivity contribution in [3.63, 3.8) is 0 Å². The minimum Gasteiger partial charge on any atom is -0.480 e. The Kier molecular flexibility index (Phi) is 3.96.